The predicted octanol–water partition coefficient (Wildman–Crippen LogP) is 1.44. The zero-order chi connectivity index (χ0) is 19.8. The lowest BCUT2D eigenvalue weighted by Gasteiger charge is -2.37. The summed E-state index contributed by atoms with van der Waals surface area (Å²) < 4.78 is 11.3. The minimum atomic E-state index is -0.695. The number of ether oxygens (including phenoxy) is 2. The van der Waals surface area contributed by atoms with Crippen LogP contribution in [0.5, 0.6) is 0 Å². The Labute approximate surface area is 165 Å². The average Bonchev–Trinajstić information content (AvgIpc) is 3.25. The molecule has 28 heavy (non-hydrogen) atoms. The van der Waals surface area contributed by atoms with E-state index in [2.05, 4.69) is 10.3 Å². The quantitative estimate of drug-likeness (QED) is 0.262. The Morgan fingerprint density at radius 2 is 2.07 bits per heavy atom. The van der Waals surface area contributed by atoms with Crippen molar-refractivity contribution in [2.45, 2.75) is 62.6 Å². The second-order valence-corrected chi connectivity index (χ2v) is 7.57. The summed E-state index contributed by atoms with van der Waals surface area (Å²) in [6, 6.07) is 0.0165. The normalized spacial score (nSPS) is 24.9. The summed E-state index contributed by atoms with van der Waals surface area (Å²) in [6.07, 6.45) is 12.7. The molecule has 0 aromatic carbocycles. The fourth-order valence-corrected chi connectivity index (χ4v) is 3.79. The summed E-state index contributed by atoms with van der Waals surface area (Å²) in [6.45, 7) is 1.66. The number of esters is 1. The summed E-state index contributed by atoms with van der Waals surface area (Å²) in [7, 11) is 0. The van der Waals surface area contributed by atoms with Gasteiger partial charge in [0, 0.05) is 32.0 Å². The van der Waals surface area contributed by atoms with Gasteiger partial charge in [-0.05, 0) is 56.6 Å². The van der Waals surface area contributed by atoms with Gasteiger partial charge >= 0.3 is 5.97 Å². The van der Waals surface area contributed by atoms with E-state index in [1.54, 1.807) is 17.8 Å². The van der Waals surface area contributed by atoms with Gasteiger partial charge in [0.15, 0.2) is 0 Å². The molecule has 0 aromatic heterocycles. The number of hydrogen-bond donors (Lipinski definition) is 3. The first-order valence-corrected chi connectivity index (χ1v) is 10.0. The second kappa shape index (κ2) is 9.95. The molecule has 1 saturated heterocycles. The van der Waals surface area contributed by atoms with Crippen molar-refractivity contribution in [1.29, 1.82) is 0 Å². The molecule has 3 aliphatic rings. The van der Waals surface area contributed by atoms with Gasteiger partial charge in [-0.1, -0.05) is 6.08 Å². The standard InChI is InChI=1S/C20H29N3O5/c24-18(23-26)8-6-15-5-7-16(21-13-15)14-22-20(9-11-27-12-10-20)19(25)28-17-3-1-2-4-17/h5-6,8,13,16-17,22,26H,1-4,7,9-12,14H2,(H,23,24)/b8-6+. The summed E-state index contributed by atoms with van der Waals surface area (Å²) >= 11 is 0. The Hall–Kier alpha value is -2.03. The first-order valence-electron chi connectivity index (χ1n) is 10.0. The van der Waals surface area contributed by atoms with Crippen molar-refractivity contribution < 1.29 is 24.3 Å². The highest BCUT2D eigenvalue weighted by Gasteiger charge is 2.42. The number of amides is 1. The monoisotopic (exact) mass is 391 g/mol. The topological polar surface area (TPSA) is 109 Å². The predicted molar refractivity (Wildman–Crippen MR) is 103 cm³/mol. The Bertz CT molecular complexity index is 646. The molecule has 154 valence electrons. The van der Waals surface area contributed by atoms with Crippen LogP contribution in [0.15, 0.2) is 28.8 Å². The molecule has 3 N–H and O–H groups in total. The molecule has 2 fully saturated rings. The Balaban J connectivity index is 1.53. The van der Waals surface area contributed by atoms with Crippen LogP contribution in [-0.4, -0.2) is 60.7 Å². The molecule has 0 aromatic rings. The van der Waals surface area contributed by atoms with Crippen LogP contribution in [-0.2, 0) is 19.1 Å². The third-order valence-corrected chi connectivity index (χ3v) is 5.59. The number of nitrogens with zero attached hydrogens (tertiary/aromatic N) is 1. The van der Waals surface area contributed by atoms with Gasteiger partial charge in [0.25, 0.3) is 5.91 Å². The van der Waals surface area contributed by atoms with E-state index in [1.807, 2.05) is 6.08 Å². The molecule has 2 aliphatic heterocycles. The van der Waals surface area contributed by atoms with E-state index in [1.165, 1.54) is 6.08 Å². The Morgan fingerprint density at radius 3 is 2.71 bits per heavy atom. The van der Waals surface area contributed by atoms with E-state index in [9.17, 15) is 9.59 Å². The summed E-state index contributed by atoms with van der Waals surface area (Å²) in [4.78, 5) is 28.5. The number of nitrogens with one attached hydrogen (secondary N) is 2. The first kappa shape index (κ1) is 20.7. The van der Waals surface area contributed by atoms with Gasteiger partial charge in [-0.3, -0.25) is 25.1 Å². The van der Waals surface area contributed by atoms with Crippen LogP contribution < -0.4 is 10.8 Å². The van der Waals surface area contributed by atoms with Gasteiger partial charge < -0.3 is 9.47 Å². The SMILES string of the molecule is O=C(/C=C/C1=CCC(CNC2(C(=O)OC3CCCC3)CCOCC2)N=C1)NO. The molecule has 0 bridgehead atoms. The van der Waals surface area contributed by atoms with Gasteiger partial charge in [-0.2, -0.15) is 0 Å². The number of aliphatic imine (C=N–C) groups is 1. The highest BCUT2D eigenvalue weighted by atomic mass is 16.5. The second-order valence-electron chi connectivity index (χ2n) is 7.57. The largest absolute Gasteiger partial charge is 0.461 e. The number of rotatable bonds is 7. The lowest BCUT2D eigenvalue weighted by atomic mass is 9.89. The highest BCUT2D eigenvalue weighted by Crippen LogP contribution is 2.27. The van der Waals surface area contributed by atoms with Crippen molar-refractivity contribution in [2.75, 3.05) is 19.8 Å². The van der Waals surface area contributed by atoms with Crippen molar-refractivity contribution in [2.24, 2.45) is 4.99 Å². The first-order chi connectivity index (χ1) is 13.6. The average molecular weight is 391 g/mol. The van der Waals surface area contributed by atoms with Crippen LogP contribution in [0.25, 0.3) is 0 Å². The van der Waals surface area contributed by atoms with Crippen molar-refractivity contribution in [3.63, 3.8) is 0 Å². The zero-order valence-electron chi connectivity index (χ0n) is 16.1. The number of hydroxylamine groups is 1. The molecule has 2 heterocycles. The summed E-state index contributed by atoms with van der Waals surface area (Å²) in [5, 5.41) is 11.9. The molecular formula is C20H29N3O5. The molecule has 1 saturated carbocycles. The van der Waals surface area contributed by atoms with Gasteiger partial charge in [-0.25, -0.2) is 5.48 Å². The minimum absolute atomic E-state index is 0.0165. The van der Waals surface area contributed by atoms with E-state index >= 15 is 0 Å². The molecule has 1 amide bonds. The van der Waals surface area contributed by atoms with E-state index in [0.717, 1.165) is 31.3 Å². The van der Waals surface area contributed by atoms with Crippen LogP contribution in [0.4, 0.5) is 0 Å². The summed E-state index contributed by atoms with van der Waals surface area (Å²) in [5.41, 5.74) is 1.66. The molecule has 1 aliphatic carbocycles. The molecule has 0 spiro atoms. The number of dihydropyridines is 1. The van der Waals surface area contributed by atoms with E-state index < -0.39 is 11.4 Å². The van der Waals surface area contributed by atoms with Gasteiger partial charge in [0.1, 0.15) is 11.6 Å². The smallest absolute Gasteiger partial charge is 0.326 e. The van der Waals surface area contributed by atoms with Crippen LogP contribution in [0.2, 0.25) is 0 Å². The fourth-order valence-electron chi connectivity index (χ4n) is 3.79. The number of hydrogen-bond acceptors (Lipinski definition) is 7. The molecule has 0 radical (unpaired) electrons. The van der Waals surface area contributed by atoms with Crippen LogP contribution in [0.3, 0.4) is 0 Å². The third-order valence-electron chi connectivity index (χ3n) is 5.59. The van der Waals surface area contributed by atoms with E-state index in [4.69, 9.17) is 14.7 Å². The number of allylic oxidation sites excluding steroid dienone is 2. The van der Waals surface area contributed by atoms with Gasteiger partial charge in [0.2, 0.25) is 0 Å². The van der Waals surface area contributed by atoms with Crippen LogP contribution in [0, 0.1) is 0 Å². The lowest BCUT2D eigenvalue weighted by Crippen LogP contribution is -2.58. The molecule has 1 atom stereocenters. The Kier molecular flexibility index (Phi) is 7.36. The van der Waals surface area contributed by atoms with Crippen molar-refractivity contribution >= 4 is 18.1 Å². The van der Waals surface area contributed by atoms with E-state index in [-0.39, 0.29) is 18.1 Å². The van der Waals surface area contributed by atoms with Crippen molar-refractivity contribution in [1.82, 2.24) is 10.8 Å². The summed E-state index contributed by atoms with van der Waals surface area (Å²) in [5.74, 6) is -0.739. The lowest BCUT2D eigenvalue weighted by molar-refractivity contribution is -0.161. The zero-order valence-corrected chi connectivity index (χ0v) is 16.1. The van der Waals surface area contributed by atoms with Crippen molar-refractivity contribution in [3.05, 3.63) is 23.8 Å². The minimum Gasteiger partial charge on any atom is -0.461 e. The highest BCUT2D eigenvalue weighted by molar-refractivity contribution is 5.90. The molecule has 3 rings (SSSR count). The van der Waals surface area contributed by atoms with Crippen molar-refractivity contribution in [3.8, 4) is 0 Å². The third kappa shape index (κ3) is 5.50. The van der Waals surface area contributed by atoms with Gasteiger partial charge in [0.05, 0.1) is 6.04 Å². The fraction of sp³-hybridized carbons (Fsp3) is 0.650. The number of carbonyl (C=O) groups is 2. The van der Waals surface area contributed by atoms with Crippen LogP contribution >= 0.6 is 0 Å². The van der Waals surface area contributed by atoms with Crippen LogP contribution in [0.1, 0.15) is 44.9 Å². The molecular weight excluding hydrogens is 362 g/mol. The molecule has 1 unspecified atom stereocenters. The molecule has 8 heteroatoms. The van der Waals surface area contributed by atoms with Gasteiger partial charge in [-0.15, -0.1) is 0 Å². The molecule has 8 nitrogen and oxygen atoms in total. The van der Waals surface area contributed by atoms with E-state index in [0.29, 0.717) is 39.0 Å². The number of carbonyl (C=O) groups excluding carboxylic acids is 2. The maximum atomic E-state index is 12.9. The maximum absolute atomic E-state index is 12.9. The maximum Gasteiger partial charge on any atom is 0.326 e. The Morgan fingerprint density at radius 1 is 1.32 bits per heavy atom.